The van der Waals surface area contributed by atoms with E-state index in [1.807, 2.05) is 0 Å². The topological polar surface area (TPSA) is 67.9 Å². The molecule has 0 saturated heterocycles. The van der Waals surface area contributed by atoms with E-state index < -0.39 is 12.1 Å². The Morgan fingerprint density at radius 1 is 1.10 bits per heavy atom. The first-order valence-corrected chi connectivity index (χ1v) is 7.24. The van der Waals surface area contributed by atoms with Crippen LogP contribution in [-0.2, 0) is 14.3 Å². The van der Waals surface area contributed by atoms with Crippen molar-refractivity contribution < 1.29 is 19.1 Å². The van der Waals surface area contributed by atoms with E-state index in [1.165, 1.54) is 0 Å². The number of ether oxygens (including phenoxy) is 2. The predicted molar refractivity (Wildman–Crippen MR) is 82.1 cm³/mol. The van der Waals surface area contributed by atoms with Gasteiger partial charge < -0.3 is 14.8 Å². The maximum absolute atomic E-state index is 11.4. The van der Waals surface area contributed by atoms with Gasteiger partial charge in [-0.3, -0.25) is 4.90 Å². The van der Waals surface area contributed by atoms with Gasteiger partial charge in [-0.1, -0.05) is 6.58 Å². The summed E-state index contributed by atoms with van der Waals surface area (Å²) in [5.41, 5.74) is 0.333. The van der Waals surface area contributed by atoms with Crippen molar-refractivity contribution in [1.82, 2.24) is 10.2 Å². The van der Waals surface area contributed by atoms with Crippen LogP contribution in [0.5, 0.6) is 0 Å². The van der Waals surface area contributed by atoms with Crippen LogP contribution in [0.25, 0.3) is 0 Å². The Kier molecular flexibility index (Phi) is 9.45. The summed E-state index contributed by atoms with van der Waals surface area (Å²) in [5.74, 6) is -0.463. The molecule has 0 rings (SSSR count). The number of hydrogen-bond acceptors (Lipinski definition) is 5. The highest BCUT2D eigenvalue weighted by molar-refractivity contribution is 5.86. The second kappa shape index (κ2) is 10.2. The second-order valence-corrected chi connectivity index (χ2v) is 5.40. The third-order valence-electron chi connectivity index (χ3n) is 2.86. The number of nitrogens with zero attached hydrogens (tertiary/aromatic N) is 1. The Balaban J connectivity index is 3.76. The average molecular weight is 300 g/mol. The van der Waals surface area contributed by atoms with Crippen molar-refractivity contribution in [3.63, 3.8) is 0 Å². The molecule has 1 amide bonds. The maximum atomic E-state index is 11.4. The highest BCUT2D eigenvalue weighted by atomic mass is 16.6. The van der Waals surface area contributed by atoms with Gasteiger partial charge in [0.05, 0.1) is 6.54 Å². The monoisotopic (exact) mass is 300 g/mol. The van der Waals surface area contributed by atoms with Gasteiger partial charge in [0.2, 0.25) is 0 Å². The molecule has 0 aliphatic carbocycles. The molecule has 0 aromatic carbocycles. The van der Waals surface area contributed by atoms with Gasteiger partial charge in [0.15, 0.2) is 0 Å². The van der Waals surface area contributed by atoms with Crippen LogP contribution in [0.3, 0.4) is 0 Å². The molecule has 1 N–H and O–H groups in total. The smallest absolute Gasteiger partial charge is 0.407 e. The van der Waals surface area contributed by atoms with Crippen molar-refractivity contribution in [3.8, 4) is 0 Å². The lowest BCUT2D eigenvalue weighted by Crippen LogP contribution is -2.40. The first-order valence-electron chi connectivity index (χ1n) is 7.24. The molecule has 0 fully saturated rings. The molecule has 0 atom stereocenters. The molecule has 0 unspecified atom stereocenters. The number of carbonyl (C=O) groups is 2. The van der Waals surface area contributed by atoms with Crippen molar-refractivity contribution in [2.45, 2.75) is 46.7 Å². The largest absolute Gasteiger partial charge is 0.460 e. The van der Waals surface area contributed by atoms with Gasteiger partial charge in [0.1, 0.15) is 13.2 Å². The lowest BCUT2D eigenvalue weighted by molar-refractivity contribution is -0.138. The quantitative estimate of drug-likeness (QED) is 0.400. The summed E-state index contributed by atoms with van der Waals surface area (Å²) in [5, 5.41) is 2.52. The van der Waals surface area contributed by atoms with Gasteiger partial charge in [0.25, 0.3) is 0 Å². The molecule has 21 heavy (non-hydrogen) atoms. The molecule has 0 saturated carbocycles. The van der Waals surface area contributed by atoms with Gasteiger partial charge in [-0.25, -0.2) is 9.59 Å². The summed E-state index contributed by atoms with van der Waals surface area (Å²) in [6.45, 7) is 14.8. The van der Waals surface area contributed by atoms with Crippen molar-refractivity contribution in [2.24, 2.45) is 0 Å². The molecule has 6 nitrogen and oxygen atoms in total. The molecule has 122 valence electrons. The number of carbonyl (C=O) groups excluding carboxylic acids is 2. The van der Waals surface area contributed by atoms with E-state index in [2.05, 4.69) is 44.5 Å². The minimum Gasteiger partial charge on any atom is -0.460 e. The van der Waals surface area contributed by atoms with Crippen LogP contribution in [0.2, 0.25) is 0 Å². The zero-order valence-electron chi connectivity index (χ0n) is 13.8. The van der Waals surface area contributed by atoms with Gasteiger partial charge in [-0.2, -0.15) is 0 Å². The van der Waals surface area contributed by atoms with Crippen molar-refractivity contribution >= 4 is 12.1 Å². The molecule has 0 spiro atoms. The summed E-state index contributed by atoms with van der Waals surface area (Å²) in [6, 6.07) is 0.802. The van der Waals surface area contributed by atoms with Crippen LogP contribution in [0.1, 0.15) is 34.6 Å². The number of hydrogen-bond donors (Lipinski definition) is 1. The molecule has 0 radical (unpaired) electrons. The highest BCUT2D eigenvalue weighted by Crippen LogP contribution is 2.03. The maximum Gasteiger partial charge on any atom is 0.407 e. The number of amides is 1. The van der Waals surface area contributed by atoms with E-state index in [1.54, 1.807) is 6.92 Å². The highest BCUT2D eigenvalue weighted by Gasteiger charge is 2.13. The fourth-order valence-corrected chi connectivity index (χ4v) is 1.83. The lowest BCUT2D eigenvalue weighted by atomic mass is 10.2. The van der Waals surface area contributed by atoms with Gasteiger partial charge in [0, 0.05) is 24.2 Å². The van der Waals surface area contributed by atoms with E-state index in [4.69, 9.17) is 9.47 Å². The average Bonchev–Trinajstić information content (AvgIpc) is 2.38. The Labute approximate surface area is 127 Å². The summed E-state index contributed by atoms with van der Waals surface area (Å²) < 4.78 is 9.92. The minimum absolute atomic E-state index is 0.102. The normalized spacial score (nSPS) is 10.9. The summed E-state index contributed by atoms with van der Waals surface area (Å²) >= 11 is 0. The summed E-state index contributed by atoms with van der Waals surface area (Å²) in [4.78, 5) is 24.8. The number of esters is 1. The fourth-order valence-electron chi connectivity index (χ4n) is 1.83. The van der Waals surface area contributed by atoms with E-state index in [-0.39, 0.29) is 13.2 Å². The zero-order valence-corrected chi connectivity index (χ0v) is 13.8. The Morgan fingerprint density at radius 3 is 2.14 bits per heavy atom. The van der Waals surface area contributed by atoms with E-state index >= 15 is 0 Å². The fraction of sp³-hybridized carbons (Fsp3) is 0.733. The second-order valence-electron chi connectivity index (χ2n) is 5.40. The minimum atomic E-state index is -0.506. The van der Waals surface area contributed by atoms with Crippen molar-refractivity contribution in [1.29, 1.82) is 0 Å². The number of nitrogens with one attached hydrogen (secondary N) is 1. The van der Waals surface area contributed by atoms with Crippen molar-refractivity contribution in [2.75, 3.05) is 26.3 Å². The van der Waals surface area contributed by atoms with Crippen LogP contribution in [0, 0.1) is 0 Å². The molecular weight excluding hydrogens is 272 g/mol. The molecule has 0 aliphatic rings. The molecule has 6 heteroatoms. The van der Waals surface area contributed by atoms with Crippen LogP contribution >= 0.6 is 0 Å². The van der Waals surface area contributed by atoms with Crippen molar-refractivity contribution in [3.05, 3.63) is 12.2 Å². The third-order valence-corrected chi connectivity index (χ3v) is 2.86. The summed E-state index contributed by atoms with van der Waals surface area (Å²) in [7, 11) is 0. The van der Waals surface area contributed by atoms with Gasteiger partial charge >= 0.3 is 12.1 Å². The first kappa shape index (κ1) is 19.4. The molecule has 0 aliphatic heterocycles. The Morgan fingerprint density at radius 2 is 1.67 bits per heavy atom. The lowest BCUT2D eigenvalue weighted by Gasteiger charge is -2.30. The summed E-state index contributed by atoms with van der Waals surface area (Å²) in [6.07, 6.45) is -0.506. The van der Waals surface area contributed by atoms with Crippen LogP contribution in [0.15, 0.2) is 12.2 Å². The molecular formula is C15H28N2O4. The molecule has 0 aromatic heterocycles. The Bertz CT molecular complexity index is 346. The number of rotatable bonds is 9. The van der Waals surface area contributed by atoms with E-state index in [0.717, 1.165) is 0 Å². The third kappa shape index (κ3) is 9.07. The van der Waals surface area contributed by atoms with Crippen LogP contribution in [0.4, 0.5) is 4.79 Å². The zero-order chi connectivity index (χ0) is 16.4. The predicted octanol–water partition coefficient (Wildman–Crippen LogP) is 1.95. The van der Waals surface area contributed by atoms with Gasteiger partial charge in [-0.15, -0.1) is 0 Å². The Hall–Kier alpha value is -1.56. The first-order chi connectivity index (χ1) is 9.75. The molecule has 0 bridgehead atoms. The SMILES string of the molecule is C=C(C)C(=O)OCCNC(=O)OCCN(C(C)C)C(C)C. The van der Waals surface area contributed by atoms with Gasteiger partial charge in [-0.05, 0) is 34.6 Å². The van der Waals surface area contributed by atoms with E-state index in [0.29, 0.717) is 30.8 Å². The molecule has 0 aromatic rings. The molecule has 0 heterocycles. The van der Waals surface area contributed by atoms with Crippen LogP contribution in [-0.4, -0.2) is 55.3 Å². The van der Waals surface area contributed by atoms with Crippen LogP contribution < -0.4 is 5.32 Å². The standard InChI is InChI=1S/C15H28N2O4/c1-11(2)14(18)20-9-7-16-15(19)21-10-8-17(12(3)4)13(5)6/h12-13H,1,7-10H2,2-6H3,(H,16,19). The van der Waals surface area contributed by atoms with E-state index in [9.17, 15) is 9.59 Å². The number of alkyl carbamates (subject to hydrolysis) is 1.